The van der Waals surface area contributed by atoms with Gasteiger partial charge in [0.15, 0.2) is 0 Å². The van der Waals surface area contributed by atoms with Gasteiger partial charge in [0.05, 0.1) is 6.10 Å². The van der Waals surface area contributed by atoms with Crippen molar-refractivity contribution in [2.24, 2.45) is 0 Å². The number of aliphatic hydroxyl groups excluding tert-OH is 1. The molecule has 2 rings (SSSR count). The second-order valence-corrected chi connectivity index (χ2v) is 5.27. The molecule has 0 bridgehead atoms. The van der Waals surface area contributed by atoms with Crippen molar-refractivity contribution in [2.45, 2.75) is 37.5 Å². The maximum absolute atomic E-state index is 12.4. The van der Waals surface area contributed by atoms with E-state index in [4.69, 9.17) is 5.11 Å². The summed E-state index contributed by atoms with van der Waals surface area (Å²) in [5.74, 6) is -1.05. The molecule has 0 aromatic heterocycles. The van der Waals surface area contributed by atoms with Crippen LogP contribution in [-0.4, -0.2) is 76.9 Å². The Kier molecular flexibility index (Phi) is 4.26. The number of hydrogen-bond donors (Lipinski definition) is 3. The van der Waals surface area contributed by atoms with E-state index in [9.17, 15) is 14.7 Å². The molecule has 0 aliphatic carbocycles. The maximum atomic E-state index is 12.4. The summed E-state index contributed by atoms with van der Waals surface area (Å²) >= 11 is 0. The molecule has 2 saturated heterocycles. The average Bonchev–Trinajstić information content (AvgIpc) is 2.80. The zero-order chi connectivity index (χ0) is 14.0. The third-order valence-corrected chi connectivity index (χ3v) is 3.97. The molecule has 3 N–H and O–H groups in total. The number of aliphatic carboxylic acids is 1. The van der Waals surface area contributed by atoms with E-state index in [1.807, 2.05) is 0 Å². The van der Waals surface area contributed by atoms with Crippen molar-refractivity contribution >= 4 is 12.0 Å². The summed E-state index contributed by atoms with van der Waals surface area (Å²) in [6, 6.07) is -1.07. The van der Waals surface area contributed by atoms with Gasteiger partial charge in [0.25, 0.3) is 0 Å². The van der Waals surface area contributed by atoms with Gasteiger partial charge in [0.2, 0.25) is 0 Å². The SMILES string of the molecule is CN(C(=O)N1CC(O)C[C@H]1C(=O)O)C1CCNCC1. The third-order valence-electron chi connectivity index (χ3n) is 3.97. The number of amides is 2. The van der Waals surface area contributed by atoms with Gasteiger partial charge in [-0.3, -0.25) is 0 Å². The number of nitrogens with zero attached hydrogens (tertiary/aromatic N) is 2. The molecule has 1 unspecified atom stereocenters. The van der Waals surface area contributed by atoms with Crippen LogP contribution in [0.2, 0.25) is 0 Å². The number of carboxylic acids is 1. The molecule has 7 nitrogen and oxygen atoms in total. The van der Waals surface area contributed by atoms with E-state index in [2.05, 4.69) is 5.32 Å². The fourth-order valence-corrected chi connectivity index (χ4v) is 2.81. The monoisotopic (exact) mass is 271 g/mol. The largest absolute Gasteiger partial charge is 0.480 e. The minimum atomic E-state index is -1.05. The maximum Gasteiger partial charge on any atom is 0.326 e. The smallest absolute Gasteiger partial charge is 0.326 e. The first-order valence-corrected chi connectivity index (χ1v) is 6.65. The number of rotatable bonds is 2. The van der Waals surface area contributed by atoms with Crippen molar-refractivity contribution < 1.29 is 19.8 Å². The van der Waals surface area contributed by atoms with Gasteiger partial charge in [-0.2, -0.15) is 0 Å². The molecule has 108 valence electrons. The average molecular weight is 271 g/mol. The van der Waals surface area contributed by atoms with Crippen molar-refractivity contribution in [3.63, 3.8) is 0 Å². The van der Waals surface area contributed by atoms with Gasteiger partial charge >= 0.3 is 12.0 Å². The number of urea groups is 1. The molecule has 0 aromatic carbocycles. The van der Waals surface area contributed by atoms with Crippen molar-refractivity contribution in [3.05, 3.63) is 0 Å². The molecular formula is C12H21N3O4. The van der Waals surface area contributed by atoms with Crippen LogP contribution in [0.1, 0.15) is 19.3 Å². The summed E-state index contributed by atoms with van der Waals surface area (Å²) in [5.41, 5.74) is 0. The summed E-state index contributed by atoms with van der Waals surface area (Å²) in [4.78, 5) is 26.4. The molecule has 0 saturated carbocycles. The van der Waals surface area contributed by atoms with Crippen LogP contribution in [-0.2, 0) is 4.79 Å². The zero-order valence-corrected chi connectivity index (χ0v) is 11.1. The van der Waals surface area contributed by atoms with Gasteiger partial charge in [-0.05, 0) is 25.9 Å². The highest BCUT2D eigenvalue weighted by Gasteiger charge is 2.41. The highest BCUT2D eigenvalue weighted by molar-refractivity contribution is 5.83. The van der Waals surface area contributed by atoms with E-state index in [-0.39, 0.29) is 25.0 Å². The zero-order valence-electron chi connectivity index (χ0n) is 11.1. The summed E-state index contributed by atoms with van der Waals surface area (Å²) < 4.78 is 0. The summed E-state index contributed by atoms with van der Waals surface area (Å²) in [7, 11) is 1.71. The van der Waals surface area contributed by atoms with Crippen LogP contribution in [0.4, 0.5) is 4.79 Å². The van der Waals surface area contributed by atoms with Gasteiger partial charge < -0.3 is 25.3 Å². The van der Waals surface area contributed by atoms with Crippen molar-refractivity contribution in [1.29, 1.82) is 0 Å². The molecule has 7 heteroatoms. The van der Waals surface area contributed by atoms with Gasteiger partial charge in [-0.15, -0.1) is 0 Å². The molecule has 19 heavy (non-hydrogen) atoms. The number of nitrogens with one attached hydrogen (secondary N) is 1. The van der Waals surface area contributed by atoms with E-state index >= 15 is 0 Å². The quantitative estimate of drug-likeness (QED) is 0.618. The van der Waals surface area contributed by atoms with Crippen LogP contribution < -0.4 is 5.32 Å². The third kappa shape index (κ3) is 2.98. The molecule has 0 spiro atoms. The Labute approximate surface area is 112 Å². The molecule has 2 atom stereocenters. The van der Waals surface area contributed by atoms with Crippen LogP contribution >= 0.6 is 0 Å². The Hall–Kier alpha value is -1.34. The van der Waals surface area contributed by atoms with E-state index in [1.165, 1.54) is 4.90 Å². The first kappa shape index (κ1) is 14.1. The molecule has 2 fully saturated rings. The molecule has 2 aliphatic heterocycles. The number of carbonyl (C=O) groups excluding carboxylic acids is 1. The van der Waals surface area contributed by atoms with Crippen LogP contribution in [0, 0.1) is 0 Å². The van der Waals surface area contributed by atoms with Crippen molar-refractivity contribution in [1.82, 2.24) is 15.1 Å². The molecule has 2 heterocycles. The Morgan fingerprint density at radius 1 is 1.32 bits per heavy atom. The lowest BCUT2D eigenvalue weighted by molar-refractivity contribution is -0.141. The van der Waals surface area contributed by atoms with Crippen LogP contribution in [0.5, 0.6) is 0 Å². The number of hydrogen-bond acceptors (Lipinski definition) is 4. The van der Waals surface area contributed by atoms with Gasteiger partial charge in [0, 0.05) is 26.1 Å². The van der Waals surface area contributed by atoms with Crippen LogP contribution in [0.25, 0.3) is 0 Å². The minimum Gasteiger partial charge on any atom is -0.480 e. The van der Waals surface area contributed by atoms with Crippen LogP contribution in [0.15, 0.2) is 0 Å². The highest BCUT2D eigenvalue weighted by atomic mass is 16.4. The Balaban J connectivity index is 2.02. The second kappa shape index (κ2) is 5.75. The lowest BCUT2D eigenvalue weighted by Gasteiger charge is -2.35. The van der Waals surface area contributed by atoms with Crippen molar-refractivity contribution in [3.8, 4) is 0 Å². The number of likely N-dealkylation sites (tertiary alicyclic amines) is 1. The predicted octanol–water partition coefficient (Wildman–Crippen LogP) is -0.690. The standard InChI is InChI=1S/C12H21N3O4/c1-14(8-2-4-13-5-3-8)12(19)15-7-9(16)6-10(15)11(17)18/h8-10,13,16H,2-7H2,1H3,(H,17,18)/t9?,10-/m0/s1. The second-order valence-electron chi connectivity index (χ2n) is 5.27. The summed E-state index contributed by atoms with van der Waals surface area (Å²) in [5, 5.41) is 21.9. The first-order valence-electron chi connectivity index (χ1n) is 6.65. The minimum absolute atomic E-state index is 0.102. The fourth-order valence-electron chi connectivity index (χ4n) is 2.81. The molecule has 0 radical (unpaired) electrons. The predicted molar refractivity (Wildman–Crippen MR) is 67.8 cm³/mol. The van der Waals surface area contributed by atoms with Crippen LogP contribution in [0.3, 0.4) is 0 Å². The number of carboxylic acid groups (broad SMARTS) is 1. The Morgan fingerprint density at radius 2 is 1.95 bits per heavy atom. The topological polar surface area (TPSA) is 93.1 Å². The highest BCUT2D eigenvalue weighted by Crippen LogP contribution is 2.21. The van der Waals surface area contributed by atoms with E-state index < -0.39 is 18.1 Å². The van der Waals surface area contributed by atoms with Gasteiger partial charge in [0.1, 0.15) is 6.04 Å². The summed E-state index contributed by atoms with van der Waals surface area (Å²) in [6.07, 6.45) is 1.11. The van der Waals surface area contributed by atoms with Gasteiger partial charge in [-0.25, -0.2) is 9.59 Å². The Bertz CT molecular complexity index is 357. The lowest BCUT2D eigenvalue weighted by atomic mass is 10.1. The molecule has 0 aromatic rings. The van der Waals surface area contributed by atoms with Crippen molar-refractivity contribution in [2.75, 3.05) is 26.7 Å². The molecule has 2 aliphatic rings. The molecular weight excluding hydrogens is 250 g/mol. The number of aliphatic hydroxyl groups is 1. The molecule has 2 amide bonds. The number of carbonyl (C=O) groups is 2. The number of β-amino-alcohol motifs (C(OH)–C–C–N with tert-alkyl or cyclic N) is 1. The fraction of sp³-hybridized carbons (Fsp3) is 0.833. The number of piperidine rings is 1. The Morgan fingerprint density at radius 3 is 2.53 bits per heavy atom. The van der Waals surface area contributed by atoms with E-state index in [0.717, 1.165) is 25.9 Å². The van der Waals surface area contributed by atoms with E-state index in [1.54, 1.807) is 11.9 Å². The normalized spacial score (nSPS) is 28.4. The first-order chi connectivity index (χ1) is 9.00. The van der Waals surface area contributed by atoms with Gasteiger partial charge in [-0.1, -0.05) is 0 Å². The lowest BCUT2D eigenvalue weighted by Crippen LogP contribution is -2.52. The van der Waals surface area contributed by atoms with E-state index in [0.29, 0.717) is 0 Å². The summed E-state index contributed by atoms with van der Waals surface area (Å²) in [6.45, 7) is 1.84.